The number of rotatable bonds is 4. The first-order valence-corrected chi connectivity index (χ1v) is 13.4. The van der Waals surface area contributed by atoms with E-state index in [4.69, 9.17) is 23.1 Å². The van der Waals surface area contributed by atoms with Gasteiger partial charge >= 0.3 is 0 Å². The molecule has 0 amide bonds. The van der Waals surface area contributed by atoms with Crippen molar-refractivity contribution in [1.29, 1.82) is 0 Å². The summed E-state index contributed by atoms with van der Waals surface area (Å²) >= 11 is 6.00. The van der Waals surface area contributed by atoms with E-state index in [1.165, 1.54) is 4.31 Å². The molecule has 3 aromatic carbocycles. The molecule has 0 aliphatic carbocycles. The van der Waals surface area contributed by atoms with Crippen LogP contribution in [0.25, 0.3) is 22.2 Å². The average molecular weight is 532 g/mol. The molecule has 6 rings (SSSR count). The summed E-state index contributed by atoms with van der Waals surface area (Å²) in [6, 6.07) is 21.4. The van der Waals surface area contributed by atoms with Gasteiger partial charge in [-0.2, -0.15) is 15.1 Å². The SMILES string of the molecule is Nc1nc(N)c2cnn(C3Cc4ccccc4N(S(=O)(=O)c4ccc(-c5ccc(Cl)cc5)cc4)C3)c2n1. The highest BCUT2D eigenvalue weighted by Crippen LogP contribution is 2.37. The Balaban J connectivity index is 1.39. The summed E-state index contributed by atoms with van der Waals surface area (Å²) in [7, 11) is -3.89. The van der Waals surface area contributed by atoms with Crippen LogP contribution in [-0.2, 0) is 16.4 Å². The molecular weight excluding hydrogens is 510 g/mol. The second-order valence-electron chi connectivity index (χ2n) is 8.85. The molecule has 0 bridgehead atoms. The summed E-state index contributed by atoms with van der Waals surface area (Å²) in [6.07, 6.45) is 2.15. The maximum atomic E-state index is 13.9. The van der Waals surface area contributed by atoms with Gasteiger partial charge in [0.25, 0.3) is 10.0 Å². The van der Waals surface area contributed by atoms with Crippen molar-refractivity contribution in [2.75, 3.05) is 22.3 Å². The second-order valence-corrected chi connectivity index (χ2v) is 11.1. The largest absolute Gasteiger partial charge is 0.383 e. The molecule has 1 atom stereocenters. The third-order valence-electron chi connectivity index (χ3n) is 6.56. The first-order valence-electron chi connectivity index (χ1n) is 11.5. The maximum absolute atomic E-state index is 13.9. The van der Waals surface area contributed by atoms with Crippen molar-refractivity contribution in [1.82, 2.24) is 19.7 Å². The maximum Gasteiger partial charge on any atom is 0.264 e. The van der Waals surface area contributed by atoms with Gasteiger partial charge in [-0.1, -0.05) is 54.1 Å². The van der Waals surface area contributed by atoms with Gasteiger partial charge in [0.15, 0.2) is 5.65 Å². The van der Waals surface area contributed by atoms with Crippen molar-refractivity contribution >= 4 is 50.1 Å². The highest BCUT2D eigenvalue weighted by Gasteiger charge is 2.35. The van der Waals surface area contributed by atoms with E-state index in [0.717, 1.165) is 16.7 Å². The minimum absolute atomic E-state index is 0.0354. The fraction of sp³-hybridized carbons (Fsp3) is 0.115. The number of anilines is 3. The van der Waals surface area contributed by atoms with E-state index in [0.29, 0.717) is 28.2 Å². The van der Waals surface area contributed by atoms with Crippen LogP contribution in [0.5, 0.6) is 0 Å². The average Bonchev–Trinajstić information content (AvgIpc) is 3.33. The topological polar surface area (TPSA) is 133 Å². The lowest BCUT2D eigenvalue weighted by atomic mass is 10.00. The van der Waals surface area contributed by atoms with Gasteiger partial charge in [-0.15, -0.1) is 0 Å². The Morgan fingerprint density at radius 2 is 1.57 bits per heavy atom. The molecule has 37 heavy (non-hydrogen) atoms. The molecule has 3 heterocycles. The standard InChI is InChI=1S/C26H22ClN7O2S/c27-19-9-5-16(6-10-19)17-7-11-21(12-8-17)37(35,36)33-15-20(13-18-3-1-2-4-23(18)33)34-25-22(14-30-34)24(28)31-26(29)32-25/h1-12,14,20H,13,15H2,(H4,28,29,31,32). The van der Waals surface area contributed by atoms with Crippen LogP contribution in [0.2, 0.25) is 5.02 Å². The number of halogens is 1. The lowest BCUT2D eigenvalue weighted by Crippen LogP contribution is -2.41. The Morgan fingerprint density at radius 1 is 0.892 bits per heavy atom. The molecule has 9 nitrogen and oxygen atoms in total. The third-order valence-corrected chi connectivity index (χ3v) is 8.60. The summed E-state index contributed by atoms with van der Waals surface area (Å²) in [5.41, 5.74) is 15.7. The van der Waals surface area contributed by atoms with Gasteiger partial charge in [-0.05, 0) is 53.4 Å². The molecule has 4 N–H and O–H groups in total. The number of nitrogens with zero attached hydrogens (tertiary/aromatic N) is 5. The highest BCUT2D eigenvalue weighted by atomic mass is 35.5. The summed E-state index contributed by atoms with van der Waals surface area (Å²) in [5.74, 6) is 0.267. The molecule has 0 radical (unpaired) electrons. The number of hydrogen-bond acceptors (Lipinski definition) is 7. The molecule has 0 saturated heterocycles. The molecule has 2 aromatic heterocycles. The van der Waals surface area contributed by atoms with E-state index < -0.39 is 10.0 Å². The number of aromatic nitrogens is 4. The third kappa shape index (κ3) is 4.04. The van der Waals surface area contributed by atoms with E-state index in [9.17, 15) is 8.42 Å². The Hall–Kier alpha value is -4.15. The predicted molar refractivity (Wildman–Crippen MR) is 145 cm³/mol. The summed E-state index contributed by atoms with van der Waals surface area (Å²) in [6.45, 7) is 0.166. The van der Waals surface area contributed by atoms with E-state index >= 15 is 0 Å². The molecule has 186 valence electrons. The van der Waals surface area contributed by atoms with Gasteiger partial charge in [0.05, 0.1) is 34.8 Å². The van der Waals surface area contributed by atoms with Crippen LogP contribution in [0.4, 0.5) is 17.5 Å². The Bertz CT molecular complexity index is 1740. The van der Waals surface area contributed by atoms with Crippen molar-refractivity contribution in [2.45, 2.75) is 17.4 Å². The monoisotopic (exact) mass is 531 g/mol. The van der Waals surface area contributed by atoms with Crippen LogP contribution in [0, 0.1) is 0 Å². The summed E-state index contributed by atoms with van der Waals surface area (Å²) in [5, 5.41) is 5.69. The van der Waals surface area contributed by atoms with Crippen LogP contribution >= 0.6 is 11.6 Å². The minimum Gasteiger partial charge on any atom is -0.383 e. The first-order chi connectivity index (χ1) is 17.8. The van der Waals surface area contributed by atoms with Gasteiger partial charge < -0.3 is 11.5 Å². The van der Waals surface area contributed by atoms with Gasteiger partial charge in [-0.25, -0.2) is 13.1 Å². The first kappa shape index (κ1) is 23.3. The van der Waals surface area contributed by atoms with Crippen LogP contribution in [0.3, 0.4) is 0 Å². The van der Waals surface area contributed by atoms with E-state index in [1.54, 1.807) is 47.3 Å². The van der Waals surface area contributed by atoms with Crippen LogP contribution in [0.1, 0.15) is 11.6 Å². The second kappa shape index (κ2) is 8.75. The number of nitrogen functional groups attached to an aromatic ring is 2. The van der Waals surface area contributed by atoms with Gasteiger partial charge in [-0.3, -0.25) is 4.31 Å². The van der Waals surface area contributed by atoms with Gasteiger partial charge in [0, 0.05) is 5.02 Å². The summed E-state index contributed by atoms with van der Waals surface area (Å²) < 4.78 is 31.0. The molecule has 0 spiro atoms. The number of para-hydroxylation sites is 1. The van der Waals surface area contributed by atoms with Crippen LogP contribution < -0.4 is 15.8 Å². The number of hydrogen-bond donors (Lipinski definition) is 2. The van der Waals surface area contributed by atoms with Crippen molar-refractivity contribution in [3.05, 3.63) is 89.6 Å². The van der Waals surface area contributed by atoms with Crippen LogP contribution in [0.15, 0.2) is 83.9 Å². The zero-order chi connectivity index (χ0) is 25.7. The molecule has 0 fully saturated rings. The molecule has 5 aromatic rings. The van der Waals surface area contributed by atoms with Crippen molar-refractivity contribution in [3.63, 3.8) is 0 Å². The normalized spacial score (nSPS) is 15.6. The fourth-order valence-electron chi connectivity index (χ4n) is 4.75. The molecular formula is C26H22ClN7O2S. The smallest absolute Gasteiger partial charge is 0.264 e. The lowest BCUT2D eigenvalue weighted by Gasteiger charge is -2.35. The Labute approximate surface area is 218 Å². The Kier molecular flexibility index (Phi) is 5.50. The predicted octanol–water partition coefficient (Wildman–Crippen LogP) is 4.30. The van der Waals surface area contributed by atoms with E-state index in [2.05, 4.69) is 15.1 Å². The number of fused-ring (bicyclic) bond motifs is 2. The zero-order valence-corrected chi connectivity index (χ0v) is 21.1. The Morgan fingerprint density at radius 3 is 2.30 bits per heavy atom. The fourth-order valence-corrected chi connectivity index (χ4v) is 6.41. The summed E-state index contributed by atoms with van der Waals surface area (Å²) in [4.78, 5) is 8.53. The van der Waals surface area contributed by atoms with Crippen molar-refractivity contribution in [3.8, 4) is 11.1 Å². The van der Waals surface area contributed by atoms with Gasteiger partial charge in [0.2, 0.25) is 5.95 Å². The van der Waals surface area contributed by atoms with Gasteiger partial charge in [0.1, 0.15) is 5.82 Å². The van der Waals surface area contributed by atoms with E-state index in [1.807, 2.05) is 36.4 Å². The highest BCUT2D eigenvalue weighted by molar-refractivity contribution is 7.92. The zero-order valence-electron chi connectivity index (χ0n) is 19.5. The van der Waals surface area contributed by atoms with Crippen LogP contribution in [-0.4, -0.2) is 34.7 Å². The molecule has 1 aliphatic rings. The number of sulfonamides is 1. The molecule has 11 heteroatoms. The molecule has 1 unspecified atom stereocenters. The van der Waals surface area contributed by atoms with Crippen molar-refractivity contribution < 1.29 is 8.42 Å². The number of nitrogens with two attached hydrogens (primary N) is 2. The quantitative estimate of drug-likeness (QED) is 0.353. The minimum atomic E-state index is -3.89. The lowest BCUT2D eigenvalue weighted by molar-refractivity contribution is 0.456. The number of benzene rings is 3. The van der Waals surface area contributed by atoms with Crippen molar-refractivity contribution in [2.24, 2.45) is 0 Å². The molecule has 0 saturated carbocycles. The van der Waals surface area contributed by atoms with E-state index in [-0.39, 0.29) is 29.2 Å². The molecule has 1 aliphatic heterocycles.